The SMILES string of the molecule is O=C(CSc1nncn1Cc1ccco1)Nc1ccc(N2CCOCC2)cc1. The maximum Gasteiger partial charge on any atom is 0.234 e. The highest BCUT2D eigenvalue weighted by molar-refractivity contribution is 7.99. The quantitative estimate of drug-likeness (QED) is 0.611. The fourth-order valence-electron chi connectivity index (χ4n) is 2.94. The maximum atomic E-state index is 12.3. The van der Waals surface area contributed by atoms with Gasteiger partial charge in [-0.15, -0.1) is 10.2 Å². The second kappa shape index (κ2) is 8.94. The predicted molar refractivity (Wildman–Crippen MR) is 107 cm³/mol. The number of ether oxygens (including phenoxy) is 1. The lowest BCUT2D eigenvalue weighted by atomic mass is 10.2. The number of hydrogen-bond donors (Lipinski definition) is 1. The van der Waals surface area contributed by atoms with E-state index in [-0.39, 0.29) is 11.7 Å². The maximum absolute atomic E-state index is 12.3. The highest BCUT2D eigenvalue weighted by Crippen LogP contribution is 2.20. The van der Waals surface area contributed by atoms with Crippen LogP contribution in [0.25, 0.3) is 0 Å². The minimum atomic E-state index is -0.0864. The number of nitrogens with zero attached hydrogens (tertiary/aromatic N) is 4. The topological polar surface area (TPSA) is 85.4 Å². The Morgan fingerprint density at radius 3 is 2.75 bits per heavy atom. The van der Waals surface area contributed by atoms with Gasteiger partial charge in [0.1, 0.15) is 12.1 Å². The zero-order chi connectivity index (χ0) is 19.2. The van der Waals surface area contributed by atoms with Crippen molar-refractivity contribution in [2.45, 2.75) is 11.7 Å². The van der Waals surface area contributed by atoms with Gasteiger partial charge in [0.2, 0.25) is 5.91 Å². The van der Waals surface area contributed by atoms with Crippen molar-refractivity contribution in [2.75, 3.05) is 42.3 Å². The first kappa shape index (κ1) is 18.6. The Labute approximate surface area is 166 Å². The summed E-state index contributed by atoms with van der Waals surface area (Å²) >= 11 is 1.34. The largest absolute Gasteiger partial charge is 0.467 e. The van der Waals surface area contributed by atoms with Gasteiger partial charge in [-0.1, -0.05) is 11.8 Å². The molecule has 0 unspecified atom stereocenters. The predicted octanol–water partition coefficient (Wildman–Crippen LogP) is 2.49. The van der Waals surface area contributed by atoms with Gasteiger partial charge in [0.05, 0.1) is 31.8 Å². The first-order valence-electron chi connectivity index (χ1n) is 9.03. The molecule has 2 aromatic heterocycles. The standard InChI is InChI=1S/C19H21N5O3S/c25-18(13-28-19-22-20-14-24(19)12-17-2-1-9-27-17)21-15-3-5-16(6-4-15)23-7-10-26-11-8-23/h1-6,9,14H,7-8,10-13H2,(H,21,25). The minimum absolute atomic E-state index is 0.0864. The number of hydrogen-bond acceptors (Lipinski definition) is 7. The van der Waals surface area contributed by atoms with Crippen molar-refractivity contribution < 1.29 is 13.9 Å². The summed E-state index contributed by atoms with van der Waals surface area (Å²) in [5.74, 6) is 0.977. The smallest absolute Gasteiger partial charge is 0.234 e. The zero-order valence-corrected chi connectivity index (χ0v) is 16.1. The van der Waals surface area contributed by atoms with Gasteiger partial charge in [0.15, 0.2) is 5.16 Å². The van der Waals surface area contributed by atoms with Crippen LogP contribution >= 0.6 is 11.8 Å². The molecule has 0 saturated carbocycles. The van der Waals surface area contributed by atoms with E-state index in [1.807, 2.05) is 41.0 Å². The summed E-state index contributed by atoms with van der Waals surface area (Å²) in [5, 5.41) is 11.6. The van der Waals surface area contributed by atoms with E-state index in [4.69, 9.17) is 9.15 Å². The molecule has 0 atom stereocenters. The van der Waals surface area contributed by atoms with Gasteiger partial charge in [0.25, 0.3) is 0 Å². The van der Waals surface area contributed by atoms with E-state index in [1.165, 1.54) is 11.8 Å². The second-order valence-electron chi connectivity index (χ2n) is 6.30. The van der Waals surface area contributed by atoms with Crippen LogP contribution in [-0.4, -0.2) is 52.7 Å². The first-order valence-corrected chi connectivity index (χ1v) is 10.0. The molecule has 0 aliphatic carbocycles. The Morgan fingerprint density at radius 2 is 2.00 bits per heavy atom. The third-order valence-electron chi connectivity index (χ3n) is 4.35. The molecule has 8 nitrogen and oxygen atoms in total. The average Bonchev–Trinajstić information content (AvgIpc) is 3.40. The second-order valence-corrected chi connectivity index (χ2v) is 7.25. The third kappa shape index (κ3) is 4.73. The molecule has 1 fully saturated rings. The number of morpholine rings is 1. The van der Waals surface area contributed by atoms with Crippen LogP contribution in [0.15, 0.2) is 58.6 Å². The Bertz CT molecular complexity index is 889. The lowest BCUT2D eigenvalue weighted by molar-refractivity contribution is -0.113. The van der Waals surface area contributed by atoms with Crippen LogP contribution in [-0.2, 0) is 16.1 Å². The number of aromatic nitrogens is 3. The Kier molecular flexibility index (Phi) is 5.93. The highest BCUT2D eigenvalue weighted by atomic mass is 32.2. The Morgan fingerprint density at radius 1 is 1.18 bits per heavy atom. The molecular weight excluding hydrogens is 378 g/mol. The van der Waals surface area contributed by atoms with Crippen LogP contribution in [0.3, 0.4) is 0 Å². The van der Waals surface area contributed by atoms with Gasteiger partial charge in [-0.3, -0.25) is 4.79 Å². The Hall–Kier alpha value is -2.78. The summed E-state index contributed by atoms with van der Waals surface area (Å²) in [6.07, 6.45) is 3.26. The summed E-state index contributed by atoms with van der Waals surface area (Å²) in [6.45, 7) is 3.82. The molecule has 146 valence electrons. The van der Waals surface area contributed by atoms with Crippen molar-refractivity contribution in [3.63, 3.8) is 0 Å². The summed E-state index contributed by atoms with van der Waals surface area (Å²) in [4.78, 5) is 14.6. The van der Waals surface area contributed by atoms with Crippen molar-refractivity contribution in [1.82, 2.24) is 14.8 Å². The molecule has 3 aromatic rings. The molecule has 0 bridgehead atoms. The van der Waals surface area contributed by atoms with E-state index in [2.05, 4.69) is 20.4 Å². The molecular formula is C19H21N5O3S. The molecule has 1 saturated heterocycles. The molecule has 3 heterocycles. The molecule has 9 heteroatoms. The Balaban J connectivity index is 1.28. The third-order valence-corrected chi connectivity index (χ3v) is 5.33. The normalized spacial score (nSPS) is 14.2. The van der Waals surface area contributed by atoms with Crippen LogP contribution < -0.4 is 10.2 Å². The van der Waals surface area contributed by atoms with Crippen LogP contribution in [0.1, 0.15) is 5.76 Å². The van der Waals surface area contributed by atoms with Gasteiger partial charge in [-0.2, -0.15) is 0 Å². The lowest BCUT2D eigenvalue weighted by Crippen LogP contribution is -2.36. The van der Waals surface area contributed by atoms with E-state index in [0.29, 0.717) is 11.7 Å². The summed E-state index contributed by atoms with van der Waals surface area (Å²) < 4.78 is 12.6. The first-order chi connectivity index (χ1) is 13.8. The van der Waals surface area contributed by atoms with E-state index in [9.17, 15) is 4.79 Å². The van der Waals surface area contributed by atoms with E-state index in [0.717, 1.165) is 43.4 Å². The molecule has 1 amide bonds. The number of benzene rings is 1. The average molecular weight is 399 g/mol. The highest BCUT2D eigenvalue weighted by Gasteiger charge is 2.12. The van der Waals surface area contributed by atoms with Crippen LogP contribution in [0.4, 0.5) is 11.4 Å². The molecule has 1 aliphatic heterocycles. The van der Waals surface area contributed by atoms with Crippen LogP contribution in [0.5, 0.6) is 0 Å². The van der Waals surface area contributed by atoms with E-state index < -0.39 is 0 Å². The van der Waals surface area contributed by atoms with Crippen LogP contribution in [0, 0.1) is 0 Å². The minimum Gasteiger partial charge on any atom is -0.467 e. The lowest BCUT2D eigenvalue weighted by Gasteiger charge is -2.28. The molecule has 1 aromatic carbocycles. The van der Waals surface area contributed by atoms with Gasteiger partial charge in [-0.05, 0) is 36.4 Å². The van der Waals surface area contributed by atoms with E-state index in [1.54, 1.807) is 12.6 Å². The van der Waals surface area contributed by atoms with Crippen molar-refractivity contribution in [1.29, 1.82) is 0 Å². The number of carbonyl (C=O) groups is 1. The van der Waals surface area contributed by atoms with Gasteiger partial charge in [-0.25, -0.2) is 0 Å². The summed E-state index contributed by atoms with van der Waals surface area (Å²) in [7, 11) is 0. The number of nitrogens with one attached hydrogen (secondary N) is 1. The summed E-state index contributed by atoms with van der Waals surface area (Å²) in [5.41, 5.74) is 1.92. The molecule has 0 radical (unpaired) electrons. The molecule has 1 aliphatic rings. The number of amides is 1. The molecule has 1 N–H and O–H groups in total. The fourth-order valence-corrected chi connectivity index (χ4v) is 3.65. The molecule has 0 spiro atoms. The molecule has 4 rings (SSSR count). The van der Waals surface area contributed by atoms with E-state index >= 15 is 0 Å². The zero-order valence-electron chi connectivity index (χ0n) is 15.3. The number of anilines is 2. The monoisotopic (exact) mass is 399 g/mol. The molecule has 28 heavy (non-hydrogen) atoms. The van der Waals surface area contributed by atoms with Crippen LogP contribution in [0.2, 0.25) is 0 Å². The van der Waals surface area contributed by atoms with Gasteiger partial charge in [0, 0.05) is 24.5 Å². The van der Waals surface area contributed by atoms with Crippen molar-refractivity contribution >= 4 is 29.0 Å². The van der Waals surface area contributed by atoms with Crippen molar-refractivity contribution in [2.24, 2.45) is 0 Å². The number of rotatable bonds is 7. The van der Waals surface area contributed by atoms with Gasteiger partial charge >= 0.3 is 0 Å². The number of carbonyl (C=O) groups excluding carboxylic acids is 1. The summed E-state index contributed by atoms with van der Waals surface area (Å²) in [6, 6.07) is 11.6. The number of thioether (sulfide) groups is 1. The van der Waals surface area contributed by atoms with Crippen molar-refractivity contribution in [3.05, 3.63) is 54.7 Å². The fraction of sp³-hybridized carbons (Fsp3) is 0.316. The van der Waals surface area contributed by atoms with Gasteiger partial charge < -0.3 is 23.9 Å². The van der Waals surface area contributed by atoms with Crippen molar-refractivity contribution in [3.8, 4) is 0 Å². The number of furan rings is 1.